The van der Waals surface area contributed by atoms with E-state index in [0.717, 1.165) is 5.69 Å². The van der Waals surface area contributed by atoms with E-state index in [2.05, 4.69) is 5.43 Å². The number of nitrogens with one attached hydrogen (secondary N) is 1. The van der Waals surface area contributed by atoms with Crippen LogP contribution >= 0.6 is 23.2 Å². The lowest BCUT2D eigenvalue weighted by Gasteiger charge is -2.20. The molecule has 1 aliphatic rings. The number of halogens is 2. The predicted octanol–water partition coefficient (Wildman–Crippen LogP) is 2.12. The summed E-state index contributed by atoms with van der Waals surface area (Å²) in [6, 6.07) is 5.30. The van der Waals surface area contributed by atoms with Gasteiger partial charge in [-0.25, -0.2) is 0 Å². The summed E-state index contributed by atoms with van der Waals surface area (Å²) in [5.74, 6) is 0.626. The van der Waals surface area contributed by atoms with E-state index in [4.69, 9.17) is 28.9 Å². The summed E-state index contributed by atoms with van der Waals surface area (Å²) in [5.41, 5.74) is 9.38. The van der Waals surface area contributed by atoms with E-state index >= 15 is 0 Å². The highest BCUT2D eigenvalue weighted by Crippen LogP contribution is 2.29. The van der Waals surface area contributed by atoms with Crippen molar-refractivity contribution < 1.29 is 0 Å². The fourth-order valence-corrected chi connectivity index (χ4v) is 1.67. The van der Waals surface area contributed by atoms with Gasteiger partial charge in [0.1, 0.15) is 5.82 Å². The van der Waals surface area contributed by atoms with Crippen LogP contribution in [0.5, 0.6) is 0 Å². The third-order valence-corrected chi connectivity index (χ3v) is 2.51. The van der Waals surface area contributed by atoms with Crippen molar-refractivity contribution in [2.24, 2.45) is 5.73 Å². The Labute approximate surface area is 92.1 Å². The number of benzene rings is 1. The summed E-state index contributed by atoms with van der Waals surface area (Å²) in [6.45, 7) is 0.686. The average molecular weight is 230 g/mol. The largest absolute Gasteiger partial charge is 0.384 e. The third-order valence-electron chi connectivity index (χ3n) is 1.96. The number of hydrazine groups is 1. The molecular formula is C9H9Cl2N3. The summed E-state index contributed by atoms with van der Waals surface area (Å²) in [4.78, 5) is 0. The van der Waals surface area contributed by atoms with E-state index in [1.54, 1.807) is 18.2 Å². The first-order valence-electron chi connectivity index (χ1n) is 4.12. The lowest BCUT2D eigenvalue weighted by molar-refractivity contribution is 0.797. The van der Waals surface area contributed by atoms with Crippen LogP contribution in [0.2, 0.25) is 10.0 Å². The van der Waals surface area contributed by atoms with Crippen LogP contribution in [-0.4, -0.2) is 6.54 Å². The van der Waals surface area contributed by atoms with Crippen molar-refractivity contribution in [2.75, 3.05) is 11.6 Å². The second-order valence-corrected chi connectivity index (χ2v) is 3.82. The molecule has 1 heterocycles. The number of nitrogens with zero attached hydrogens (tertiary/aromatic N) is 1. The Hall–Kier alpha value is -1.06. The van der Waals surface area contributed by atoms with Crippen LogP contribution in [0, 0.1) is 0 Å². The Kier molecular flexibility index (Phi) is 2.44. The van der Waals surface area contributed by atoms with Gasteiger partial charge in [0.2, 0.25) is 0 Å². The van der Waals surface area contributed by atoms with Crippen molar-refractivity contribution in [3.63, 3.8) is 0 Å². The van der Waals surface area contributed by atoms with Crippen LogP contribution in [0.25, 0.3) is 0 Å². The Bertz CT molecular complexity index is 390. The van der Waals surface area contributed by atoms with Gasteiger partial charge in [0, 0.05) is 5.02 Å². The van der Waals surface area contributed by atoms with Crippen LogP contribution in [0.4, 0.5) is 5.69 Å². The van der Waals surface area contributed by atoms with Crippen molar-refractivity contribution >= 4 is 28.9 Å². The summed E-state index contributed by atoms with van der Waals surface area (Å²) < 4.78 is 0. The second-order valence-electron chi connectivity index (χ2n) is 2.98. The van der Waals surface area contributed by atoms with Crippen LogP contribution in [0.1, 0.15) is 0 Å². The van der Waals surface area contributed by atoms with Crippen molar-refractivity contribution in [1.29, 1.82) is 0 Å². The number of hydrogen-bond donors (Lipinski definition) is 2. The number of rotatable bonds is 1. The summed E-state index contributed by atoms with van der Waals surface area (Å²) in [6.07, 6.45) is 1.87. The van der Waals surface area contributed by atoms with Crippen molar-refractivity contribution in [2.45, 2.75) is 0 Å². The molecule has 2 rings (SSSR count). The fourth-order valence-electron chi connectivity index (χ4n) is 1.29. The van der Waals surface area contributed by atoms with Gasteiger partial charge in [-0.1, -0.05) is 23.2 Å². The van der Waals surface area contributed by atoms with Gasteiger partial charge in [0.15, 0.2) is 0 Å². The molecule has 3 N–H and O–H groups in total. The van der Waals surface area contributed by atoms with Crippen LogP contribution < -0.4 is 16.2 Å². The van der Waals surface area contributed by atoms with Gasteiger partial charge in [0.25, 0.3) is 0 Å². The Balaban J connectivity index is 2.28. The molecular weight excluding hydrogens is 221 g/mol. The van der Waals surface area contributed by atoms with E-state index in [-0.39, 0.29) is 0 Å². The standard InChI is InChI=1S/C9H9Cl2N3/c10-6-1-2-7(11)8(5-6)14-4-3-9(12)13-14/h1-3,5,13H,4,12H2. The molecule has 0 bridgehead atoms. The van der Waals surface area contributed by atoms with Crippen LogP contribution in [0.3, 0.4) is 0 Å². The van der Waals surface area contributed by atoms with E-state index in [1.165, 1.54) is 0 Å². The molecule has 0 radical (unpaired) electrons. The van der Waals surface area contributed by atoms with Gasteiger partial charge >= 0.3 is 0 Å². The quantitative estimate of drug-likeness (QED) is 0.776. The van der Waals surface area contributed by atoms with Crippen LogP contribution in [0.15, 0.2) is 30.1 Å². The maximum atomic E-state index is 6.02. The third kappa shape index (κ3) is 1.74. The molecule has 0 fully saturated rings. The lowest BCUT2D eigenvalue weighted by Crippen LogP contribution is -2.34. The second kappa shape index (κ2) is 3.59. The molecule has 0 atom stereocenters. The molecule has 74 valence electrons. The van der Waals surface area contributed by atoms with Crippen LogP contribution in [-0.2, 0) is 0 Å². The summed E-state index contributed by atoms with van der Waals surface area (Å²) in [7, 11) is 0. The van der Waals surface area contributed by atoms with E-state index in [0.29, 0.717) is 22.4 Å². The first-order valence-corrected chi connectivity index (χ1v) is 4.87. The Morgan fingerprint density at radius 3 is 2.79 bits per heavy atom. The Morgan fingerprint density at radius 1 is 1.36 bits per heavy atom. The highest BCUT2D eigenvalue weighted by molar-refractivity contribution is 6.35. The highest BCUT2D eigenvalue weighted by Gasteiger charge is 2.14. The molecule has 5 heteroatoms. The molecule has 0 aromatic heterocycles. The molecule has 0 amide bonds. The molecule has 3 nitrogen and oxygen atoms in total. The molecule has 0 saturated carbocycles. The van der Waals surface area contributed by atoms with Gasteiger partial charge in [0.05, 0.1) is 17.3 Å². The molecule has 0 saturated heterocycles. The normalized spacial score (nSPS) is 15.3. The first-order chi connectivity index (χ1) is 6.66. The van der Waals surface area contributed by atoms with Crippen molar-refractivity contribution in [3.8, 4) is 0 Å². The highest BCUT2D eigenvalue weighted by atomic mass is 35.5. The number of anilines is 1. The minimum absolute atomic E-state index is 0.626. The lowest BCUT2D eigenvalue weighted by atomic mass is 10.3. The fraction of sp³-hybridized carbons (Fsp3) is 0.111. The minimum Gasteiger partial charge on any atom is -0.384 e. The van der Waals surface area contributed by atoms with E-state index < -0.39 is 0 Å². The smallest absolute Gasteiger partial charge is 0.113 e. The maximum Gasteiger partial charge on any atom is 0.113 e. The van der Waals surface area contributed by atoms with E-state index in [9.17, 15) is 0 Å². The molecule has 14 heavy (non-hydrogen) atoms. The van der Waals surface area contributed by atoms with E-state index in [1.807, 2.05) is 11.1 Å². The predicted molar refractivity (Wildman–Crippen MR) is 59.2 cm³/mol. The van der Waals surface area contributed by atoms with Gasteiger partial charge in [-0.15, -0.1) is 0 Å². The zero-order valence-electron chi connectivity index (χ0n) is 7.30. The maximum absolute atomic E-state index is 6.02. The minimum atomic E-state index is 0.626. The topological polar surface area (TPSA) is 41.3 Å². The summed E-state index contributed by atoms with van der Waals surface area (Å²) >= 11 is 11.9. The molecule has 1 aliphatic heterocycles. The molecule has 0 spiro atoms. The average Bonchev–Trinajstić information content (AvgIpc) is 2.56. The van der Waals surface area contributed by atoms with Gasteiger partial charge in [-0.05, 0) is 24.3 Å². The first kappa shape index (κ1) is 9.49. The number of hydrogen-bond acceptors (Lipinski definition) is 3. The summed E-state index contributed by atoms with van der Waals surface area (Å²) in [5, 5.41) is 3.13. The van der Waals surface area contributed by atoms with Crippen molar-refractivity contribution in [3.05, 3.63) is 40.1 Å². The molecule has 0 aliphatic carbocycles. The van der Waals surface area contributed by atoms with Gasteiger partial charge < -0.3 is 5.73 Å². The number of nitrogens with two attached hydrogens (primary N) is 1. The van der Waals surface area contributed by atoms with Gasteiger partial charge in [-0.2, -0.15) is 0 Å². The van der Waals surface area contributed by atoms with Crippen molar-refractivity contribution in [1.82, 2.24) is 5.43 Å². The molecule has 0 unspecified atom stereocenters. The molecule has 1 aromatic carbocycles. The monoisotopic (exact) mass is 229 g/mol. The SMILES string of the molecule is NC1=CCN(c2cc(Cl)ccc2Cl)N1. The zero-order valence-corrected chi connectivity index (χ0v) is 8.81. The Morgan fingerprint density at radius 2 is 2.14 bits per heavy atom. The van der Waals surface area contributed by atoms with Gasteiger partial charge in [-0.3, -0.25) is 10.4 Å². The zero-order chi connectivity index (χ0) is 10.1. The molecule has 1 aromatic rings.